The Kier molecular flexibility index (Phi) is 5.77. The summed E-state index contributed by atoms with van der Waals surface area (Å²) in [5.74, 6) is -1.52. The third kappa shape index (κ3) is 4.44. The first kappa shape index (κ1) is 18.2. The average Bonchev–Trinajstić information content (AvgIpc) is 2.51. The molecule has 8 heteroatoms. The lowest BCUT2D eigenvalue weighted by molar-refractivity contribution is 0.0696. The van der Waals surface area contributed by atoms with Gasteiger partial charge in [0.2, 0.25) is 0 Å². The van der Waals surface area contributed by atoms with Crippen LogP contribution in [0, 0.1) is 6.92 Å². The van der Waals surface area contributed by atoms with Crippen molar-refractivity contribution in [3.8, 4) is 0 Å². The lowest BCUT2D eigenvalue weighted by Gasteiger charge is -2.13. The van der Waals surface area contributed by atoms with Gasteiger partial charge in [-0.3, -0.25) is 10.1 Å². The van der Waals surface area contributed by atoms with Crippen molar-refractivity contribution in [2.45, 2.75) is 6.92 Å². The molecule has 3 N–H and O–H groups in total. The topological polar surface area (TPSA) is 78.4 Å². The number of carbonyl (C=O) groups excluding carboxylic acids is 1. The van der Waals surface area contributed by atoms with E-state index < -0.39 is 11.9 Å². The van der Waals surface area contributed by atoms with Gasteiger partial charge in [-0.25, -0.2) is 4.79 Å². The van der Waals surface area contributed by atoms with E-state index in [9.17, 15) is 9.59 Å². The molecule has 124 valence electrons. The molecule has 0 bridgehead atoms. The molecule has 0 heterocycles. The second-order valence-corrected chi connectivity index (χ2v) is 6.12. The second-order valence-electron chi connectivity index (χ2n) is 4.87. The molecule has 0 unspecified atom stereocenters. The standard InChI is InChI=1S/C16H12Cl2N2O3S/c1-8-6-9(15(22)23)2-5-13(8)19-16(24)20-14(21)11-7-10(17)3-4-12(11)18/h2-7H,1H3,(H,22,23)(H2,19,20,21,24). The summed E-state index contributed by atoms with van der Waals surface area (Å²) in [5, 5.41) is 15.0. The van der Waals surface area contributed by atoms with Crippen molar-refractivity contribution < 1.29 is 14.7 Å². The molecule has 0 aliphatic heterocycles. The van der Waals surface area contributed by atoms with E-state index in [1.54, 1.807) is 19.1 Å². The molecule has 0 saturated heterocycles. The maximum absolute atomic E-state index is 12.2. The van der Waals surface area contributed by atoms with Crippen LogP contribution in [0.4, 0.5) is 5.69 Å². The maximum Gasteiger partial charge on any atom is 0.335 e. The fourth-order valence-corrected chi connectivity index (χ4v) is 2.51. The molecular formula is C16H12Cl2N2O3S. The van der Waals surface area contributed by atoms with Gasteiger partial charge >= 0.3 is 5.97 Å². The molecule has 0 saturated carbocycles. The summed E-state index contributed by atoms with van der Waals surface area (Å²) < 4.78 is 0. The van der Waals surface area contributed by atoms with Crippen molar-refractivity contribution in [1.82, 2.24) is 5.32 Å². The van der Waals surface area contributed by atoms with Gasteiger partial charge in [-0.05, 0) is 61.1 Å². The highest BCUT2D eigenvalue weighted by atomic mass is 35.5. The van der Waals surface area contributed by atoms with Crippen LogP contribution in [0.3, 0.4) is 0 Å². The molecule has 0 aliphatic carbocycles. The molecule has 24 heavy (non-hydrogen) atoms. The van der Waals surface area contributed by atoms with Gasteiger partial charge < -0.3 is 10.4 Å². The number of carbonyl (C=O) groups is 2. The minimum atomic E-state index is -1.02. The molecule has 0 aliphatic rings. The van der Waals surface area contributed by atoms with E-state index in [4.69, 9.17) is 40.5 Å². The molecule has 0 fully saturated rings. The molecule has 1 amide bonds. The predicted octanol–water partition coefficient (Wildman–Crippen LogP) is 4.13. The van der Waals surface area contributed by atoms with Crippen molar-refractivity contribution in [2.24, 2.45) is 0 Å². The van der Waals surface area contributed by atoms with Crippen molar-refractivity contribution in [3.63, 3.8) is 0 Å². The number of halogens is 2. The van der Waals surface area contributed by atoms with Crippen molar-refractivity contribution in [2.75, 3.05) is 5.32 Å². The first-order valence-corrected chi connectivity index (χ1v) is 7.85. The van der Waals surface area contributed by atoms with Crippen LogP contribution in [0.15, 0.2) is 36.4 Å². The Bertz CT molecular complexity index is 840. The summed E-state index contributed by atoms with van der Waals surface area (Å²) >= 11 is 16.9. The van der Waals surface area contributed by atoms with Crippen LogP contribution in [-0.4, -0.2) is 22.1 Å². The monoisotopic (exact) mass is 382 g/mol. The number of anilines is 1. The minimum Gasteiger partial charge on any atom is -0.478 e. The third-order valence-electron chi connectivity index (χ3n) is 3.12. The maximum atomic E-state index is 12.2. The molecule has 2 rings (SSSR count). The summed E-state index contributed by atoms with van der Waals surface area (Å²) in [6, 6.07) is 9.05. The highest BCUT2D eigenvalue weighted by Gasteiger charge is 2.13. The van der Waals surface area contributed by atoms with Gasteiger partial charge in [-0.2, -0.15) is 0 Å². The Morgan fingerprint density at radius 3 is 2.46 bits per heavy atom. The van der Waals surface area contributed by atoms with Gasteiger partial charge in [0.25, 0.3) is 5.91 Å². The zero-order valence-electron chi connectivity index (χ0n) is 12.4. The van der Waals surface area contributed by atoms with Gasteiger partial charge in [-0.15, -0.1) is 0 Å². The fourth-order valence-electron chi connectivity index (χ4n) is 1.93. The number of aromatic carboxylic acids is 1. The lowest BCUT2D eigenvalue weighted by Crippen LogP contribution is -2.34. The highest BCUT2D eigenvalue weighted by Crippen LogP contribution is 2.21. The van der Waals surface area contributed by atoms with Crippen LogP contribution >= 0.6 is 35.4 Å². The van der Waals surface area contributed by atoms with Gasteiger partial charge in [0, 0.05) is 10.7 Å². The summed E-state index contributed by atoms with van der Waals surface area (Å²) in [7, 11) is 0. The smallest absolute Gasteiger partial charge is 0.335 e. The number of aryl methyl sites for hydroxylation is 1. The third-order valence-corrected chi connectivity index (χ3v) is 3.89. The Labute approximate surface area is 153 Å². The molecule has 0 atom stereocenters. The van der Waals surface area contributed by atoms with Gasteiger partial charge in [-0.1, -0.05) is 23.2 Å². The van der Waals surface area contributed by atoms with Gasteiger partial charge in [0.15, 0.2) is 5.11 Å². The average molecular weight is 383 g/mol. The normalized spacial score (nSPS) is 10.1. The molecule has 0 spiro atoms. The van der Waals surface area contributed by atoms with Crippen LogP contribution in [0.1, 0.15) is 26.3 Å². The number of thiocarbonyl (C=S) groups is 1. The molecule has 0 aromatic heterocycles. The Hall–Kier alpha value is -2.15. The van der Waals surface area contributed by atoms with E-state index in [1.807, 2.05) is 0 Å². The van der Waals surface area contributed by atoms with Gasteiger partial charge in [0.05, 0.1) is 16.1 Å². The minimum absolute atomic E-state index is 0.0576. The summed E-state index contributed by atoms with van der Waals surface area (Å²) in [5.41, 5.74) is 1.62. The quantitative estimate of drug-likeness (QED) is 0.695. The van der Waals surface area contributed by atoms with Crippen molar-refractivity contribution in [3.05, 3.63) is 63.1 Å². The van der Waals surface area contributed by atoms with Crippen LogP contribution < -0.4 is 10.6 Å². The number of carboxylic acids is 1. The number of hydrogen-bond acceptors (Lipinski definition) is 3. The van der Waals surface area contributed by atoms with Crippen LogP contribution in [-0.2, 0) is 0 Å². The predicted molar refractivity (Wildman–Crippen MR) is 98.3 cm³/mol. The van der Waals surface area contributed by atoms with Crippen LogP contribution in [0.25, 0.3) is 0 Å². The zero-order valence-corrected chi connectivity index (χ0v) is 14.7. The van der Waals surface area contributed by atoms with Crippen molar-refractivity contribution in [1.29, 1.82) is 0 Å². The van der Waals surface area contributed by atoms with E-state index in [-0.39, 0.29) is 21.3 Å². The number of benzene rings is 2. The summed E-state index contributed by atoms with van der Waals surface area (Å²) in [6.45, 7) is 1.73. The first-order chi connectivity index (χ1) is 11.3. The Morgan fingerprint density at radius 1 is 1.12 bits per heavy atom. The van der Waals surface area contributed by atoms with E-state index in [1.165, 1.54) is 24.3 Å². The highest BCUT2D eigenvalue weighted by molar-refractivity contribution is 7.80. The molecule has 0 radical (unpaired) electrons. The number of nitrogens with one attached hydrogen (secondary N) is 2. The van der Waals surface area contributed by atoms with E-state index in [2.05, 4.69) is 10.6 Å². The fraction of sp³-hybridized carbons (Fsp3) is 0.0625. The first-order valence-electron chi connectivity index (χ1n) is 6.69. The van der Waals surface area contributed by atoms with Crippen LogP contribution in [0.5, 0.6) is 0 Å². The largest absolute Gasteiger partial charge is 0.478 e. The van der Waals surface area contributed by atoms with E-state index in [0.29, 0.717) is 16.3 Å². The molecular weight excluding hydrogens is 371 g/mol. The molecule has 2 aromatic rings. The summed E-state index contributed by atoms with van der Waals surface area (Å²) in [4.78, 5) is 23.1. The Balaban J connectivity index is 2.09. The molecule has 5 nitrogen and oxygen atoms in total. The van der Waals surface area contributed by atoms with Crippen LogP contribution in [0.2, 0.25) is 10.0 Å². The Morgan fingerprint density at radius 2 is 1.83 bits per heavy atom. The van der Waals surface area contributed by atoms with Gasteiger partial charge in [0.1, 0.15) is 0 Å². The zero-order chi connectivity index (χ0) is 17.9. The van der Waals surface area contributed by atoms with Crippen molar-refractivity contribution >= 4 is 58.1 Å². The number of hydrogen-bond donors (Lipinski definition) is 3. The second kappa shape index (κ2) is 7.61. The number of amides is 1. The number of rotatable bonds is 3. The van der Waals surface area contributed by atoms with E-state index in [0.717, 1.165) is 0 Å². The SMILES string of the molecule is Cc1cc(C(=O)O)ccc1NC(=S)NC(=O)c1cc(Cl)ccc1Cl. The lowest BCUT2D eigenvalue weighted by atomic mass is 10.1. The summed E-state index contributed by atoms with van der Waals surface area (Å²) in [6.07, 6.45) is 0. The van der Waals surface area contributed by atoms with E-state index >= 15 is 0 Å². The number of carboxylic acid groups (broad SMARTS) is 1. The molecule has 2 aromatic carbocycles.